The monoisotopic (exact) mass is 506 g/mol. The van der Waals surface area contributed by atoms with E-state index in [0.717, 1.165) is 23.6 Å². The minimum Gasteiger partial charge on any atom is -0.497 e. The van der Waals surface area contributed by atoms with Crippen LogP contribution in [0.1, 0.15) is 51.2 Å². The van der Waals surface area contributed by atoms with Crippen molar-refractivity contribution in [2.24, 2.45) is 0 Å². The van der Waals surface area contributed by atoms with Crippen LogP contribution in [0, 0.1) is 0 Å². The molecule has 0 aromatic heterocycles. The van der Waals surface area contributed by atoms with Crippen molar-refractivity contribution >= 4 is 35.3 Å². The largest absolute Gasteiger partial charge is 0.497 e. The maximum Gasteiger partial charge on any atom is 0.329 e. The van der Waals surface area contributed by atoms with Crippen LogP contribution in [0.25, 0.3) is 6.08 Å². The molecule has 2 aliphatic heterocycles. The molecule has 9 heteroatoms. The molecule has 4 rings (SSSR count). The standard InChI is InChI=1S/C28H34N4O5/c1-7-32-23-14-24(37-6)18(12-21(23)17(2)15-28(32,3)4)13-22-26(34)31(27(35)30-22)16-25(33)29-19-8-10-20(36-5)11-9-19/h8-14,17H,7,15-16H2,1-6H3,(H,29,33)(H,30,35)/b22-13+. The lowest BCUT2D eigenvalue weighted by atomic mass is 9.79. The van der Waals surface area contributed by atoms with E-state index in [4.69, 9.17) is 9.47 Å². The molecule has 1 unspecified atom stereocenters. The fraction of sp³-hybridized carbons (Fsp3) is 0.393. The lowest BCUT2D eigenvalue weighted by molar-refractivity contribution is -0.127. The quantitative estimate of drug-likeness (QED) is 0.428. The molecule has 0 spiro atoms. The second kappa shape index (κ2) is 10.2. The van der Waals surface area contributed by atoms with Gasteiger partial charge in [-0.1, -0.05) is 6.92 Å². The molecule has 37 heavy (non-hydrogen) atoms. The Bertz CT molecular complexity index is 1250. The van der Waals surface area contributed by atoms with Crippen LogP contribution in [0.5, 0.6) is 11.5 Å². The molecule has 2 aromatic rings. The highest BCUT2D eigenvalue weighted by Gasteiger charge is 2.37. The number of ether oxygens (including phenoxy) is 2. The normalized spacial score (nSPS) is 19.5. The van der Waals surface area contributed by atoms with Gasteiger partial charge in [0, 0.05) is 35.1 Å². The minimum atomic E-state index is -0.648. The van der Waals surface area contributed by atoms with Crippen LogP contribution in [-0.4, -0.2) is 55.6 Å². The molecule has 0 aliphatic carbocycles. The van der Waals surface area contributed by atoms with E-state index < -0.39 is 24.4 Å². The Morgan fingerprint density at radius 2 is 1.86 bits per heavy atom. The first kappa shape index (κ1) is 26.1. The van der Waals surface area contributed by atoms with Crippen molar-refractivity contribution in [2.75, 3.05) is 37.5 Å². The average molecular weight is 507 g/mol. The molecule has 1 fully saturated rings. The van der Waals surface area contributed by atoms with Gasteiger partial charge in [0.1, 0.15) is 23.7 Å². The van der Waals surface area contributed by atoms with E-state index in [1.165, 1.54) is 5.56 Å². The number of fused-ring (bicyclic) bond motifs is 1. The van der Waals surface area contributed by atoms with Crippen molar-refractivity contribution in [3.8, 4) is 11.5 Å². The van der Waals surface area contributed by atoms with Crippen molar-refractivity contribution in [1.29, 1.82) is 0 Å². The van der Waals surface area contributed by atoms with Crippen LogP contribution in [0.3, 0.4) is 0 Å². The van der Waals surface area contributed by atoms with Crippen molar-refractivity contribution in [1.82, 2.24) is 10.2 Å². The lowest BCUT2D eigenvalue weighted by Gasteiger charge is -2.47. The molecule has 196 valence electrons. The van der Waals surface area contributed by atoms with Crippen molar-refractivity contribution in [2.45, 2.75) is 45.6 Å². The summed E-state index contributed by atoms with van der Waals surface area (Å²) in [5, 5.41) is 5.28. The van der Waals surface area contributed by atoms with Crippen molar-refractivity contribution in [3.05, 3.63) is 53.2 Å². The van der Waals surface area contributed by atoms with Crippen LogP contribution in [0.4, 0.5) is 16.2 Å². The predicted molar refractivity (Wildman–Crippen MR) is 143 cm³/mol. The summed E-state index contributed by atoms with van der Waals surface area (Å²) in [6.07, 6.45) is 2.60. The number of benzene rings is 2. The third-order valence-electron chi connectivity index (χ3n) is 6.99. The van der Waals surface area contributed by atoms with Gasteiger partial charge in [-0.25, -0.2) is 9.69 Å². The van der Waals surface area contributed by atoms with Gasteiger partial charge in [-0.05, 0) is 75.1 Å². The number of hydrogen-bond acceptors (Lipinski definition) is 6. The van der Waals surface area contributed by atoms with E-state index in [9.17, 15) is 14.4 Å². The molecular formula is C28H34N4O5. The first-order valence-corrected chi connectivity index (χ1v) is 12.4. The number of carbonyl (C=O) groups excluding carboxylic acids is 3. The third kappa shape index (κ3) is 5.12. The van der Waals surface area contributed by atoms with Crippen LogP contribution in [0.15, 0.2) is 42.1 Å². The smallest absolute Gasteiger partial charge is 0.329 e. The Balaban J connectivity index is 1.56. The number of imide groups is 1. The summed E-state index contributed by atoms with van der Waals surface area (Å²) in [5.41, 5.74) is 3.61. The Morgan fingerprint density at radius 1 is 1.16 bits per heavy atom. The number of nitrogens with zero attached hydrogens (tertiary/aromatic N) is 2. The van der Waals surface area contributed by atoms with E-state index in [-0.39, 0.29) is 11.2 Å². The highest BCUT2D eigenvalue weighted by atomic mass is 16.5. The first-order valence-electron chi connectivity index (χ1n) is 12.4. The van der Waals surface area contributed by atoms with Gasteiger partial charge >= 0.3 is 6.03 Å². The molecule has 0 radical (unpaired) electrons. The Hall–Kier alpha value is -4.01. The van der Waals surface area contributed by atoms with E-state index in [2.05, 4.69) is 43.2 Å². The molecule has 4 amide bonds. The van der Waals surface area contributed by atoms with E-state index in [0.29, 0.717) is 28.7 Å². The number of amides is 4. The number of hydrogen-bond donors (Lipinski definition) is 2. The molecule has 2 aliphatic rings. The average Bonchev–Trinajstić information content (AvgIpc) is 3.11. The van der Waals surface area contributed by atoms with Crippen molar-refractivity contribution < 1.29 is 23.9 Å². The van der Waals surface area contributed by atoms with Crippen LogP contribution < -0.4 is 25.0 Å². The summed E-state index contributed by atoms with van der Waals surface area (Å²) >= 11 is 0. The Morgan fingerprint density at radius 3 is 2.49 bits per heavy atom. The zero-order valence-electron chi connectivity index (χ0n) is 22.2. The molecule has 0 bridgehead atoms. The molecule has 0 saturated carbocycles. The first-order chi connectivity index (χ1) is 17.6. The molecular weight excluding hydrogens is 472 g/mol. The molecule has 9 nitrogen and oxygen atoms in total. The second-order valence-corrected chi connectivity index (χ2v) is 9.97. The summed E-state index contributed by atoms with van der Waals surface area (Å²) in [6.45, 7) is 9.26. The van der Waals surface area contributed by atoms with Crippen LogP contribution in [-0.2, 0) is 9.59 Å². The number of rotatable bonds is 7. The molecule has 1 atom stereocenters. The van der Waals surface area contributed by atoms with Crippen LogP contribution >= 0.6 is 0 Å². The van der Waals surface area contributed by atoms with Gasteiger partial charge in [0.15, 0.2) is 0 Å². The van der Waals surface area contributed by atoms with Gasteiger partial charge in [0.2, 0.25) is 5.91 Å². The van der Waals surface area contributed by atoms with E-state index in [1.807, 2.05) is 12.1 Å². The van der Waals surface area contributed by atoms with Crippen molar-refractivity contribution in [3.63, 3.8) is 0 Å². The van der Waals surface area contributed by atoms with Gasteiger partial charge in [-0.2, -0.15) is 0 Å². The fourth-order valence-corrected chi connectivity index (χ4v) is 5.30. The fourth-order valence-electron chi connectivity index (χ4n) is 5.30. The zero-order valence-corrected chi connectivity index (χ0v) is 22.2. The van der Waals surface area contributed by atoms with Gasteiger partial charge in [0.05, 0.1) is 14.2 Å². The predicted octanol–water partition coefficient (Wildman–Crippen LogP) is 4.35. The molecule has 1 saturated heterocycles. The Kier molecular flexibility index (Phi) is 7.16. The minimum absolute atomic E-state index is 0.00838. The number of anilines is 2. The van der Waals surface area contributed by atoms with E-state index in [1.54, 1.807) is 44.6 Å². The highest BCUT2D eigenvalue weighted by molar-refractivity contribution is 6.16. The van der Waals surface area contributed by atoms with Gasteiger partial charge in [-0.15, -0.1) is 0 Å². The lowest BCUT2D eigenvalue weighted by Crippen LogP contribution is -2.48. The summed E-state index contributed by atoms with van der Waals surface area (Å²) in [5.74, 6) is 0.506. The number of carbonyl (C=O) groups is 3. The summed E-state index contributed by atoms with van der Waals surface area (Å²) in [6, 6.07) is 10.2. The third-order valence-corrected chi connectivity index (χ3v) is 6.99. The summed E-state index contributed by atoms with van der Waals surface area (Å²) in [4.78, 5) is 41.4. The number of nitrogens with one attached hydrogen (secondary N) is 2. The Labute approximate surface area is 217 Å². The van der Waals surface area contributed by atoms with Gasteiger partial charge < -0.3 is 25.0 Å². The maximum atomic E-state index is 13.1. The van der Waals surface area contributed by atoms with E-state index >= 15 is 0 Å². The van der Waals surface area contributed by atoms with Crippen LogP contribution in [0.2, 0.25) is 0 Å². The summed E-state index contributed by atoms with van der Waals surface area (Å²) in [7, 11) is 3.14. The number of methoxy groups -OCH3 is 2. The molecule has 2 aromatic carbocycles. The molecule has 2 N–H and O–H groups in total. The highest BCUT2D eigenvalue weighted by Crippen LogP contribution is 2.46. The second-order valence-electron chi connectivity index (χ2n) is 9.97. The van der Waals surface area contributed by atoms with Gasteiger partial charge in [0.25, 0.3) is 5.91 Å². The maximum absolute atomic E-state index is 13.1. The number of urea groups is 1. The SMILES string of the molecule is CCN1c2cc(OC)c(/C=C3/NC(=O)N(CC(=O)Nc4ccc(OC)cc4)C3=O)cc2C(C)CC1(C)C. The summed E-state index contributed by atoms with van der Waals surface area (Å²) < 4.78 is 10.8. The van der Waals surface area contributed by atoms with Gasteiger partial charge in [-0.3, -0.25) is 9.59 Å². The topological polar surface area (TPSA) is 100 Å². The zero-order chi connectivity index (χ0) is 26.9. The molecule has 2 heterocycles.